The number of carboxylic acid groups (broad SMARTS) is 1. The minimum Gasteiger partial charge on any atom is -0.494 e. The summed E-state index contributed by atoms with van der Waals surface area (Å²) >= 11 is 0. The fourth-order valence-corrected chi connectivity index (χ4v) is 6.24. The molecule has 0 aliphatic carbocycles. The van der Waals surface area contributed by atoms with Crippen LogP contribution in [0.25, 0.3) is 0 Å². The van der Waals surface area contributed by atoms with E-state index >= 15 is 0 Å². The number of aryl methyl sites for hydroxylation is 2. The van der Waals surface area contributed by atoms with E-state index < -0.39 is 23.8 Å². The van der Waals surface area contributed by atoms with Crippen LogP contribution in [0, 0.1) is 5.92 Å². The number of nitrogens with one attached hydrogen (secondary N) is 1. The number of amides is 1. The number of benzene rings is 3. The second-order valence-corrected chi connectivity index (χ2v) is 10.9. The molecule has 9 nitrogen and oxygen atoms in total. The smallest absolute Gasteiger partial charge is 0.309 e. The second kappa shape index (κ2) is 13.4. The lowest BCUT2D eigenvalue weighted by molar-refractivity contribution is -0.143. The molecular weight excluding hydrogens is 548 g/mol. The summed E-state index contributed by atoms with van der Waals surface area (Å²) in [7, 11) is 1.55. The molecule has 1 amide bonds. The molecule has 0 saturated carbocycles. The van der Waals surface area contributed by atoms with Crippen LogP contribution in [0.5, 0.6) is 23.0 Å². The SMILES string of the molecule is CCCOc1ccc([C@@H]2[C@@H](C(=O)O)C(c3cc(OC)c4c(c3)OCO4)CN2CC(=O)Nc2c(CC)cccc2CC)cc1. The number of aliphatic carboxylic acids is 1. The molecule has 0 aromatic heterocycles. The van der Waals surface area contributed by atoms with E-state index in [0.717, 1.165) is 53.0 Å². The number of methoxy groups -OCH3 is 1. The van der Waals surface area contributed by atoms with Crippen LogP contribution in [0.1, 0.15) is 61.4 Å². The number of anilines is 1. The Morgan fingerprint density at radius 2 is 1.72 bits per heavy atom. The number of carbonyl (C=O) groups is 2. The summed E-state index contributed by atoms with van der Waals surface area (Å²) in [5, 5.41) is 13.8. The molecule has 5 rings (SSSR count). The lowest BCUT2D eigenvalue weighted by atomic mass is 9.82. The highest BCUT2D eigenvalue weighted by molar-refractivity contribution is 5.94. The zero-order valence-electron chi connectivity index (χ0n) is 25.2. The lowest BCUT2D eigenvalue weighted by Gasteiger charge is -2.27. The van der Waals surface area contributed by atoms with Gasteiger partial charge >= 0.3 is 5.97 Å². The van der Waals surface area contributed by atoms with E-state index in [1.807, 2.05) is 66.4 Å². The zero-order valence-corrected chi connectivity index (χ0v) is 25.2. The van der Waals surface area contributed by atoms with Crippen LogP contribution < -0.4 is 24.3 Å². The standard InChI is InChI=1S/C34H40N2O7/c1-5-15-41-25-13-11-23(12-14-25)32-30(34(38)39)26(24-16-27(40-4)33-28(17-24)42-20-43-33)18-36(32)19-29(37)35-31-21(6-2)9-8-10-22(31)7-3/h8-14,16-17,26,30,32H,5-7,15,18-20H2,1-4H3,(H,35,37)(H,38,39)/t26?,30-,32+/m0/s1. The van der Waals surface area contributed by atoms with Gasteiger partial charge in [-0.25, -0.2) is 0 Å². The Labute approximate surface area is 252 Å². The zero-order chi connectivity index (χ0) is 30.5. The van der Waals surface area contributed by atoms with Crippen molar-refractivity contribution >= 4 is 17.6 Å². The molecule has 228 valence electrons. The van der Waals surface area contributed by atoms with Gasteiger partial charge in [-0.2, -0.15) is 0 Å². The topological polar surface area (TPSA) is 107 Å². The number of likely N-dealkylation sites (tertiary alicyclic amines) is 1. The maximum atomic E-state index is 13.7. The predicted molar refractivity (Wildman–Crippen MR) is 163 cm³/mol. The molecule has 3 aromatic carbocycles. The summed E-state index contributed by atoms with van der Waals surface area (Å²) in [4.78, 5) is 28.6. The number of fused-ring (bicyclic) bond motifs is 1. The number of para-hydroxylation sites is 1. The predicted octanol–water partition coefficient (Wildman–Crippen LogP) is 5.82. The van der Waals surface area contributed by atoms with Crippen molar-refractivity contribution in [1.29, 1.82) is 0 Å². The van der Waals surface area contributed by atoms with Crippen molar-refractivity contribution in [2.45, 2.75) is 52.0 Å². The molecule has 43 heavy (non-hydrogen) atoms. The Kier molecular flexibility index (Phi) is 9.40. The monoisotopic (exact) mass is 588 g/mol. The fourth-order valence-electron chi connectivity index (χ4n) is 6.24. The Bertz CT molecular complexity index is 1430. The van der Waals surface area contributed by atoms with Gasteiger partial charge in [0.1, 0.15) is 5.75 Å². The summed E-state index contributed by atoms with van der Waals surface area (Å²) in [5.41, 5.74) is 4.55. The van der Waals surface area contributed by atoms with Crippen LogP contribution in [0.2, 0.25) is 0 Å². The first-order valence-corrected chi connectivity index (χ1v) is 15.0. The van der Waals surface area contributed by atoms with Gasteiger partial charge in [0.25, 0.3) is 0 Å². The number of hydrogen-bond acceptors (Lipinski definition) is 7. The Morgan fingerprint density at radius 3 is 2.35 bits per heavy atom. The number of hydrogen-bond donors (Lipinski definition) is 2. The first-order chi connectivity index (χ1) is 20.9. The van der Waals surface area contributed by atoms with E-state index in [1.54, 1.807) is 7.11 Å². The van der Waals surface area contributed by atoms with E-state index in [4.69, 9.17) is 18.9 Å². The van der Waals surface area contributed by atoms with E-state index in [9.17, 15) is 14.7 Å². The van der Waals surface area contributed by atoms with Crippen molar-refractivity contribution in [3.8, 4) is 23.0 Å². The van der Waals surface area contributed by atoms with Gasteiger partial charge in [0.05, 0.1) is 26.2 Å². The van der Waals surface area contributed by atoms with Crippen LogP contribution in [0.4, 0.5) is 5.69 Å². The van der Waals surface area contributed by atoms with Crippen molar-refractivity contribution in [2.75, 3.05) is 38.9 Å². The van der Waals surface area contributed by atoms with Gasteiger partial charge in [0.2, 0.25) is 18.4 Å². The number of carboxylic acids is 1. The van der Waals surface area contributed by atoms with Gasteiger partial charge < -0.3 is 29.4 Å². The van der Waals surface area contributed by atoms with Crippen molar-refractivity contribution in [2.24, 2.45) is 5.92 Å². The van der Waals surface area contributed by atoms with Gasteiger partial charge in [0.15, 0.2) is 11.5 Å². The van der Waals surface area contributed by atoms with Crippen molar-refractivity contribution in [1.82, 2.24) is 4.90 Å². The summed E-state index contributed by atoms with van der Waals surface area (Å²) < 4.78 is 22.6. The molecule has 1 unspecified atom stereocenters. The van der Waals surface area contributed by atoms with Crippen LogP contribution in [-0.2, 0) is 22.4 Å². The molecule has 1 fully saturated rings. The fraction of sp³-hybridized carbons (Fsp3) is 0.412. The first kappa shape index (κ1) is 30.2. The highest BCUT2D eigenvalue weighted by Gasteiger charge is 2.48. The summed E-state index contributed by atoms with van der Waals surface area (Å²) in [6, 6.07) is 16.7. The average molecular weight is 589 g/mol. The highest BCUT2D eigenvalue weighted by atomic mass is 16.7. The van der Waals surface area contributed by atoms with Crippen LogP contribution in [-0.4, -0.2) is 55.5 Å². The van der Waals surface area contributed by atoms with Crippen LogP contribution in [0.3, 0.4) is 0 Å². The van der Waals surface area contributed by atoms with Crippen molar-refractivity contribution < 1.29 is 33.6 Å². The van der Waals surface area contributed by atoms with E-state index in [2.05, 4.69) is 19.2 Å². The molecule has 2 aliphatic rings. The largest absolute Gasteiger partial charge is 0.494 e. The van der Waals surface area contributed by atoms with Gasteiger partial charge in [-0.05, 0) is 65.8 Å². The normalized spacial score (nSPS) is 19.3. The molecule has 0 spiro atoms. The molecule has 3 atom stereocenters. The molecule has 9 heteroatoms. The minimum atomic E-state index is -0.939. The molecule has 3 aromatic rings. The van der Waals surface area contributed by atoms with Crippen molar-refractivity contribution in [3.63, 3.8) is 0 Å². The van der Waals surface area contributed by atoms with Gasteiger partial charge in [-0.3, -0.25) is 14.5 Å². The third-order valence-corrected chi connectivity index (χ3v) is 8.30. The second-order valence-electron chi connectivity index (χ2n) is 10.9. The third kappa shape index (κ3) is 6.27. The quantitative estimate of drug-likeness (QED) is 0.273. The van der Waals surface area contributed by atoms with Gasteiger partial charge in [-0.1, -0.05) is 51.1 Å². The third-order valence-electron chi connectivity index (χ3n) is 8.30. The van der Waals surface area contributed by atoms with Gasteiger partial charge in [-0.15, -0.1) is 0 Å². The maximum absolute atomic E-state index is 13.7. The molecule has 2 N–H and O–H groups in total. The summed E-state index contributed by atoms with van der Waals surface area (Å²) in [6.45, 7) is 7.22. The van der Waals surface area contributed by atoms with Crippen LogP contribution in [0.15, 0.2) is 54.6 Å². The molecule has 0 radical (unpaired) electrons. The maximum Gasteiger partial charge on any atom is 0.309 e. The van der Waals surface area contributed by atoms with Crippen molar-refractivity contribution in [3.05, 3.63) is 76.9 Å². The molecule has 2 heterocycles. The number of rotatable bonds is 12. The summed E-state index contributed by atoms with van der Waals surface area (Å²) in [6.07, 6.45) is 2.46. The van der Waals surface area contributed by atoms with E-state index in [1.165, 1.54) is 0 Å². The Hall–Kier alpha value is -4.24. The summed E-state index contributed by atoms with van der Waals surface area (Å²) in [5.74, 6) is -0.164. The number of nitrogens with zero attached hydrogens (tertiary/aromatic N) is 1. The first-order valence-electron chi connectivity index (χ1n) is 15.0. The lowest BCUT2D eigenvalue weighted by Crippen LogP contribution is -2.35. The Morgan fingerprint density at radius 1 is 1.00 bits per heavy atom. The number of carbonyl (C=O) groups excluding carboxylic acids is 1. The minimum absolute atomic E-state index is 0.0297. The molecule has 0 bridgehead atoms. The number of ether oxygens (including phenoxy) is 4. The average Bonchev–Trinajstić information content (AvgIpc) is 3.65. The van der Waals surface area contributed by atoms with Gasteiger partial charge in [0, 0.05) is 24.2 Å². The highest BCUT2D eigenvalue weighted by Crippen LogP contribution is 2.50. The van der Waals surface area contributed by atoms with E-state index in [0.29, 0.717) is 30.4 Å². The molecule has 1 saturated heterocycles. The molecular formula is C34H40N2O7. The van der Waals surface area contributed by atoms with E-state index in [-0.39, 0.29) is 19.2 Å². The molecule has 2 aliphatic heterocycles. The Balaban J connectivity index is 1.51. The van der Waals surface area contributed by atoms with Crippen LogP contribution >= 0.6 is 0 Å².